The van der Waals surface area contributed by atoms with Gasteiger partial charge in [-0.3, -0.25) is 9.36 Å². The van der Waals surface area contributed by atoms with Gasteiger partial charge in [-0.15, -0.1) is 0 Å². The van der Waals surface area contributed by atoms with Crippen LogP contribution in [-0.2, 0) is 9.53 Å². The van der Waals surface area contributed by atoms with E-state index in [0.29, 0.717) is 0 Å². The lowest BCUT2D eigenvalue weighted by Crippen LogP contribution is -2.14. The van der Waals surface area contributed by atoms with Gasteiger partial charge in [0.15, 0.2) is 0 Å². The molecule has 2 aromatic carbocycles. The lowest BCUT2D eigenvalue weighted by atomic mass is 10.1. The second-order valence-corrected chi connectivity index (χ2v) is 7.94. The van der Waals surface area contributed by atoms with Gasteiger partial charge in [0.1, 0.15) is 28.0 Å². The number of fused-ring (bicyclic) bond motifs is 1. The molecule has 0 spiro atoms. The zero-order chi connectivity index (χ0) is 21.1. The number of ether oxygens (including phenoxy) is 2. The highest BCUT2D eigenvalue weighted by atomic mass is 32.2. The van der Waals surface area contributed by atoms with Gasteiger partial charge in [0.2, 0.25) is 0 Å². The third kappa shape index (κ3) is 3.64. The Bertz CT molecular complexity index is 1190. The van der Waals surface area contributed by atoms with Crippen molar-refractivity contribution in [1.82, 2.24) is 14.5 Å². The zero-order valence-corrected chi connectivity index (χ0v) is 17.7. The third-order valence-corrected chi connectivity index (χ3v) is 5.88. The largest absolute Gasteiger partial charge is 0.495 e. The first-order valence-electron chi connectivity index (χ1n) is 9.43. The molecule has 4 aromatic rings. The molecule has 6 nitrogen and oxygen atoms in total. The normalized spacial score (nSPS) is 12.0. The number of thioether (sulfide) groups is 1. The fourth-order valence-electron chi connectivity index (χ4n) is 3.35. The standard InChI is InChI=1S/C23H21N3O3S/c1-15(23(27)29-3)30-22-20-17(16-9-5-4-6-10-16)13-26(21(20)24-14-25-22)18-11-7-8-12-19(18)28-2/h4-15H,1-3H3. The highest BCUT2D eigenvalue weighted by molar-refractivity contribution is 8.00. The summed E-state index contributed by atoms with van der Waals surface area (Å²) < 4.78 is 12.5. The van der Waals surface area contributed by atoms with Gasteiger partial charge in [0.25, 0.3) is 0 Å². The maximum absolute atomic E-state index is 12.0. The minimum absolute atomic E-state index is 0.294. The second-order valence-electron chi connectivity index (χ2n) is 6.61. The molecular formula is C23H21N3O3S. The van der Waals surface area contributed by atoms with Crippen LogP contribution in [0.15, 0.2) is 72.1 Å². The monoisotopic (exact) mass is 419 g/mol. The Kier molecular flexibility index (Phi) is 5.72. The van der Waals surface area contributed by atoms with Gasteiger partial charge in [-0.1, -0.05) is 54.2 Å². The molecule has 1 atom stereocenters. The van der Waals surface area contributed by atoms with Crippen molar-refractivity contribution < 1.29 is 14.3 Å². The summed E-state index contributed by atoms with van der Waals surface area (Å²) in [6.45, 7) is 1.81. The van der Waals surface area contributed by atoms with E-state index in [1.807, 2.05) is 72.3 Å². The van der Waals surface area contributed by atoms with Crippen molar-refractivity contribution in [3.8, 4) is 22.6 Å². The van der Waals surface area contributed by atoms with Crippen LogP contribution in [0.2, 0.25) is 0 Å². The van der Waals surface area contributed by atoms with Gasteiger partial charge in [0.05, 0.1) is 25.3 Å². The van der Waals surface area contributed by atoms with Crippen molar-refractivity contribution in [1.29, 1.82) is 0 Å². The van der Waals surface area contributed by atoms with Crippen molar-refractivity contribution in [2.24, 2.45) is 0 Å². The van der Waals surface area contributed by atoms with Crippen LogP contribution < -0.4 is 4.74 Å². The van der Waals surface area contributed by atoms with Crippen molar-refractivity contribution in [2.45, 2.75) is 17.2 Å². The minimum Gasteiger partial charge on any atom is -0.495 e. The van der Waals surface area contributed by atoms with Gasteiger partial charge in [-0.25, -0.2) is 9.97 Å². The van der Waals surface area contributed by atoms with Crippen LogP contribution in [0, 0.1) is 0 Å². The molecule has 7 heteroatoms. The van der Waals surface area contributed by atoms with Crippen molar-refractivity contribution in [3.63, 3.8) is 0 Å². The van der Waals surface area contributed by atoms with Gasteiger partial charge in [0, 0.05) is 11.8 Å². The Hall–Kier alpha value is -3.32. The maximum atomic E-state index is 12.0. The molecule has 0 saturated heterocycles. The van der Waals surface area contributed by atoms with Crippen LogP contribution in [0.4, 0.5) is 0 Å². The molecule has 0 aliphatic rings. The molecule has 0 saturated carbocycles. The number of benzene rings is 2. The molecule has 1 unspecified atom stereocenters. The predicted octanol–water partition coefficient (Wildman–Crippen LogP) is 4.75. The minimum atomic E-state index is -0.397. The maximum Gasteiger partial charge on any atom is 0.318 e. The van der Waals surface area contributed by atoms with E-state index in [1.54, 1.807) is 7.11 Å². The van der Waals surface area contributed by atoms with Crippen LogP contribution in [0.3, 0.4) is 0 Å². The summed E-state index contributed by atoms with van der Waals surface area (Å²) in [6.07, 6.45) is 3.56. The molecule has 0 radical (unpaired) electrons. The molecule has 4 rings (SSSR count). The van der Waals surface area contributed by atoms with E-state index >= 15 is 0 Å². The number of methoxy groups -OCH3 is 2. The molecule has 0 aliphatic carbocycles. The molecule has 2 aromatic heterocycles. The molecule has 0 amide bonds. The highest BCUT2D eigenvalue weighted by Crippen LogP contribution is 2.39. The van der Waals surface area contributed by atoms with E-state index in [4.69, 9.17) is 9.47 Å². The molecule has 0 N–H and O–H groups in total. The van der Waals surface area contributed by atoms with Crippen molar-refractivity contribution in [2.75, 3.05) is 14.2 Å². The summed E-state index contributed by atoms with van der Waals surface area (Å²) in [5.74, 6) is 0.446. The SMILES string of the molecule is COC(=O)C(C)Sc1ncnc2c1c(-c1ccccc1)cn2-c1ccccc1OC. The average molecular weight is 420 g/mol. The quantitative estimate of drug-likeness (QED) is 0.255. The number of carbonyl (C=O) groups is 1. The first-order chi connectivity index (χ1) is 14.6. The highest BCUT2D eigenvalue weighted by Gasteiger charge is 2.22. The van der Waals surface area contributed by atoms with Crippen LogP contribution in [0.1, 0.15) is 6.92 Å². The Morgan fingerprint density at radius 2 is 1.77 bits per heavy atom. The number of carbonyl (C=O) groups excluding carboxylic acids is 1. The topological polar surface area (TPSA) is 66.2 Å². The lowest BCUT2D eigenvalue weighted by Gasteiger charge is -2.11. The summed E-state index contributed by atoms with van der Waals surface area (Å²) in [6, 6.07) is 17.9. The van der Waals surface area contributed by atoms with Crippen molar-refractivity contribution in [3.05, 3.63) is 67.1 Å². The van der Waals surface area contributed by atoms with E-state index in [1.165, 1.54) is 25.2 Å². The van der Waals surface area contributed by atoms with Crippen molar-refractivity contribution >= 4 is 28.8 Å². The fraction of sp³-hybridized carbons (Fsp3) is 0.174. The van der Waals surface area contributed by atoms with E-state index in [0.717, 1.165) is 38.6 Å². The summed E-state index contributed by atoms with van der Waals surface area (Å²) in [7, 11) is 3.04. The van der Waals surface area contributed by atoms with E-state index in [-0.39, 0.29) is 5.97 Å². The number of nitrogens with zero attached hydrogens (tertiary/aromatic N) is 3. The molecule has 0 bridgehead atoms. The van der Waals surface area contributed by atoms with Gasteiger partial charge in [-0.05, 0) is 24.6 Å². The predicted molar refractivity (Wildman–Crippen MR) is 118 cm³/mol. The van der Waals surface area contributed by atoms with Gasteiger partial charge in [-0.2, -0.15) is 0 Å². The van der Waals surface area contributed by atoms with E-state index in [2.05, 4.69) is 9.97 Å². The fourth-order valence-corrected chi connectivity index (χ4v) is 4.31. The summed E-state index contributed by atoms with van der Waals surface area (Å²) in [5, 5.41) is 1.21. The first-order valence-corrected chi connectivity index (χ1v) is 10.3. The van der Waals surface area contributed by atoms with Gasteiger partial charge >= 0.3 is 5.97 Å². The van der Waals surface area contributed by atoms with Crippen LogP contribution in [0.5, 0.6) is 5.75 Å². The Labute approximate surface area is 178 Å². The first kappa shape index (κ1) is 20.0. The number of para-hydroxylation sites is 2. The van der Waals surface area contributed by atoms with Crippen LogP contribution in [-0.4, -0.2) is 40.0 Å². The lowest BCUT2D eigenvalue weighted by molar-refractivity contribution is -0.139. The smallest absolute Gasteiger partial charge is 0.318 e. The number of rotatable bonds is 6. The number of hydrogen-bond acceptors (Lipinski definition) is 6. The molecule has 0 fully saturated rings. The summed E-state index contributed by atoms with van der Waals surface area (Å²) >= 11 is 1.36. The molecule has 2 heterocycles. The molecule has 30 heavy (non-hydrogen) atoms. The molecular weight excluding hydrogens is 398 g/mol. The number of aromatic nitrogens is 3. The number of esters is 1. The van der Waals surface area contributed by atoms with E-state index < -0.39 is 5.25 Å². The second kappa shape index (κ2) is 8.59. The van der Waals surface area contributed by atoms with Crippen LogP contribution >= 0.6 is 11.8 Å². The summed E-state index contributed by atoms with van der Waals surface area (Å²) in [4.78, 5) is 21.1. The average Bonchev–Trinajstić information content (AvgIpc) is 3.19. The Balaban J connectivity index is 1.97. The molecule has 0 aliphatic heterocycles. The van der Waals surface area contributed by atoms with E-state index in [9.17, 15) is 4.79 Å². The summed E-state index contributed by atoms with van der Waals surface area (Å²) in [5.41, 5.74) is 3.64. The Morgan fingerprint density at radius 1 is 1.03 bits per heavy atom. The zero-order valence-electron chi connectivity index (χ0n) is 16.9. The Morgan fingerprint density at radius 3 is 2.50 bits per heavy atom. The third-order valence-electron chi connectivity index (χ3n) is 4.80. The number of hydrogen-bond donors (Lipinski definition) is 0. The van der Waals surface area contributed by atoms with Gasteiger partial charge < -0.3 is 9.47 Å². The molecule has 152 valence electrons. The van der Waals surface area contributed by atoms with Crippen LogP contribution in [0.25, 0.3) is 27.8 Å².